The number of carboxylic acid groups (broad SMARTS) is 1. The van der Waals surface area contributed by atoms with Crippen molar-refractivity contribution in [3.05, 3.63) is 28.2 Å². The highest BCUT2D eigenvalue weighted by Gasteiger charge is 2.29. The molecule has 1 rings (SSSR count). The highest BCUT2D eigenvalue weighted by atomic mass is 79.9. The second-order valence-corrected chi connectivity index (χ2v) is 6.50. The summed E-state index contributed by atoms with van der Waals surface area (Å²) in [5.74, 6) is -3.62. The molecule has 0 amide bonds. The van der Waals surface area contributed by atoms with Gasteiger partial charge < -0.3 is 5.11 Å². The molecule has 0 aliphatic carbocycles. The van der Waals surface area contributed by atoms with Gasteiger partial charge in [-0.15, -0.1) is 0 Å². The van der Waals surface area contributed by atoms with E-state index in [1.54, 1.807) is 6.92 Å². The average Bonchev–Trinajstić information content (AvgIpc) is 2.25. The number of hydrogen-bond donors (Lipinski definition) is 2. The Morgan fingerprint density at radius 2 is 2.05 bits per heavy atom. The Hall–Kier alpha value is -1.06. The fourth-order valence-corrected chi connectivity index (χ4v) is 3.94. The third kappa shape index (κ3) is 3.97. The minimum atomic E-state index is -4.42. The first-order chi connectivity index (χ1) is 9.19. The molecule has 0 saturated carbocycles. The molecular formula is C11H12BrF2NO4S. The zero-order valence-corrected chi connectivity index (χ0v) is 12.8. The summed E-state index contributed by atoms with van der Waals surface area (Å²) in [5.41, 5.74) is 0. The number of rotatable bonds is 6. The van der Waals surface area contributed by atoms with E-state index < -0.39 is 38.6 Å². The summed E-state index contributed by atoms with van der Waals surface area (Å²) in [6.45, 7) is 1.68. The van der Waals surface area contributed by atoms with E-state index in [1.165, 1.54) is 0 Å². The van der Waals surface area contributed by atoms with Crippen molar-refractivity contribution in [2.24, 2.45) is 0 Å². The summed E-state index contributed by atoms with van der Waals surface area (Å²) in [6.07, 6.45) is 0.474. The summed E-state index contributed by atoms with van der Waals surface area (Å²) in [5, 5.41) is 8.90. The third-order valence-corrected chi connectivity index (χ3v) is 4.84. The molecule has 5 nitrogen and oxygen atoms in total. The summed E-state index contributed by atoms with van der Waals surface area (Å²) >= 11 is 2.75. The van der Waals surface area contributed by atoms with Gasteiger partial charge in [-0.05, 0) is 28.4 Å². The summed E-state index contributed by atoms with van der Waals surface area (Å²) in [4.78, 5) is 10.1. The Bertz CT molecular complexity index is 598. The van der Waals surface area contributed by atoms with Crippen molar-refractivity contribution < 1.29 is 27.1 Å². The van der Waals surface area contributed by atoms with Gasteiger partial charge in [0.05, 0.1) is 0 Å². The number of sulfonamides is 1. The largest absolute Gasteiger partial charge is 0.480 e. The number of nitrogens with one attached hydrogen (secondary N) is 1. The highest BCUT2D eigenvalue weighted by molar-refractivity contribution is 9.10. The van der Waals surface area contributed by atoms with Gasteiger partial charge in [0.15, 0.2) is 0 Å². The molecule has 1 aromatic rings. The maximum Gasteiger partial charge on any atom is 0.321 e. The van der Waals surface area contributed by atoms with Crippen molar-refractivity contribution in [3.63, 3.8) is 0 Å². The number of carboxylic acids is 1. The Kier molecular flexibility index (Phi) is 5.60. The lowest BCUT2D eigenvalue weighted by atomic mass is 10.2. The van der Waals surface area contributed by atoms with Crippen LogP contribution in [-0.4, -0.2) is 25.5 Å². The molecule has 0 aromatic heterocycles. The Morgan fingerprint density at radius 3 is 2.50 bits per heavy atom. The SMILES string of the molecule is CCC[C@H](NS(=O)(=O)c1c(F)cc(F)cc1Br)C(=O)O. The predicted octanol–water partition coefficient (Wildman–Crippen LogP) is 2.26. The van der Waals surface area contributed by atoms with Crippen LogP contribution < -0.4 is 4.72 Å². The molecular weight excluding hydrogens is 360 g/mol. The lowest BCUT2D eigenvalue weighted by Gasteiger charge is -2.15. The van der Waals surface area contributed by atoms with Crippen LogP contribution in [0.25, 0.3) is 0 Å². The van der Waals surface area contributed by atoms with Gasteiger partial charge in [-0.2, -0.15) is 4.72 Å². The smallest absolute Gasteiger partial charge is 0.321 e. The van der Waals surface area contributed by atoms with E-state index in [2.05, 4.69) is 15.9 Å². The number of aliphatic carboxylic acids is 1. The van der Waals surface area contributed by atoms with Gasteiger partial charge >= 0.3 is 5.97 Å². The number of benzene rings is 1. The lowest BCUT2D eigenvalue weighted by molar-refractivity contribution is -0.139. The molecule has 0 saturated heterocycles. The van der Waals surface area contributed by atoms with Crippen molar-refractivity contribution in [1.29, 1.82) is 0 Å². The van der Waals surface area contributed by atoms with Crippen LogP contribution in [0, 0.1) is 11.6 Å². The van der Waals surface area contributed by atoms with Crippen LogP contribution >= 0.6 is 15.9 Å². The van der Waals surface area contributed by atoms with Crippen LogP contribution in [0.3, 0.4) is 0 Å². The van der Waals surface area contributed by atoms with Gasteiger partial charge in [-0.1, -0.05) is 13.3 Å². The zero-order chi connectivity index (χ0) is 15.5. The fourth-order valence-electron chi connectivity index (χ4n) is 1.55. The molecule has 0 aliphatic rings. The zero-order valence-electron chi connectivity index (χ0n) is 10.4. The first kappa shape index (κ1) is 17.0. The molecule has 1 aromatic carbocycles. The molecule has 0 aliphatic heterocycles. The van der Waals surface area contributed by atoms with Gasteiger partial charge in [-0.3, -0.25) is 4.79 Å². The molecule has 9 heteroatoms. The minimum absolute atomic E-state index is 0.0506. The van der Waals surface area contributed by atoms with Crippen LogP contribution in [0.5, 0.6) is 0 Å². The monoisotopic (exact) mass is 371 g/mol. The number of hydrogen-bond acceptors (Lipinski definition) is 3. The summed E-state index contributed by atoms with van der Waals surface area (Å²) < 4.78 is 52.1. The van der Waals surface area contributed by atoms with Gasteiger partial charge in [0.2, 0.25) is 10.0 Å². The molecule has 0 heterocycles. The first-order valence-electron chi connectivity index (χ1n) is 5.58. The van der Waals surface area contributed by atoms with Gasteiger partial charge in [0, 0.05) is 10.5 Å². The predicted molar refractivity (Wildman–Crippen MR) is 70.7 cm³/mol. The molecule has 0 unspecified atom stereocenters. The van der Waals surface area contributed by atoms with E-state index in [4.69, 9.17) is 5.11 Å². The van der Waals surface area contributed by atoms with E-state index in [0.29, 0.717) is 12.5 Å². The second-order valence-electron chi connectivity index (χ2n) is 4.00. The first-order valence-corrected chi connectivity index (χ1v) is 7.86. The fraction of sp³-hybridized carbons (Fsp3) is 0.364. The number of carbonyl (C=O) groups is 1. The quantitative estimate of drug-likeness (QED) is 0.803. The third-order valence-electron chi connectivity index (χ3n) is 2.40. The molecule has 20 heavy (non-hydrogen) atoms. The van der Waals surface area contributed by atoms with E-state index in [9.17, 15) is 22.0 Å². The van der Waals surface area contributed by atoms with Crippen LogP contribution in [0.15, 0.2) is 21.5 Å². The summed E-state index contributed by atoms with van der Waals surface area (Å²) in [7, 11) is -4.42. The van der Waals surface area contributed by atoms with E-state index in [0.717, 1.165) is 6.07 Å². The van der Waals surface area contributed by atoms with Crippen molar-refractivity contribution in [3.8, 4) is 0 Å². The summed E-state index contributed by atoms with van der Waals surface area (Å²) in [6, 6.07) is -0.177. The average molecular weight is 372 g/mol. The Morgan fingerprint density at radius 1 is 1.45 bits per heavy atom. The van der Waals surface area contributed by atoms with Crippen molar-refractivity contribution in [2.45, 2.75) is 30.7 Å². The van der Waals surface area contributed by atoms with Crippen LogP contribution in [0.2, 0.25) is 0 Å². The topological polar surface area (TPSA) is 83.5 Å². The van der Waals surface area contributed by atoms with Crippen LogP contribution in [-0.2, 0) is 14.8 Å². The standard InChI is InChI=1S/C11H12BrF2NO4S/c1-2-3-9(11(16)17)15-20(18,19)10-7(12)4-6(13)5-8(10)14/h4-5,9,15H,2-3H2,1H3,(H,16,17)/t9-/m0/s1. The van der Waals surface area contributed by atoms with Crippen molar-refractivity contribution in [2.75, 3.05) is 0 Å². The number of halogens is 3. The minimum Gasteiger partial charge on any atom is -0.480 e. The Balaban J connectivity index is 3.20. The van der Waals surface area contributed by atoms with Crippen molar-refractivity contribution >= 4 is 31.9 Å². The van der Waals surface area contributed by atoms with Gasteiger partial charge in [0.1, 0.15) is 22.6 Å². The van der Waals surface area contributed by atoms with E-state index in [1.807, 2.05) is 4.72 Å². The molecule has 0 bridgehead atoms. The van der Waals surface area contributed by atoms with E-state index in [-0.39, 0.29) is 10.9 Å². The molecule has 0 fully saturated rings. The van der Waals surface area contributed by atoms with E-state index >= 15 is 0 Å². The van der Waals surface area contributed by atoms with Crippen molar-refractivity contribution in [1.82, 2.24) is 4.72 Å². The lowest BCUT2D eigenvalue weighted by Crippen LogP contribution is -2.41. The molecule has 0 spiro atoms. The highest BCUT2D eigenvalue weighted by Crippen LogP contribution is 2.26. The molecule has 1 atom stereocenters. The van der Waals surface area contributed by atoms with Crippen LogP contribution in [0.1, 0.15) is 19.8 Å². The maximum atomic E-state index is 13.6. The van der Waals surface area contributed by atoms with Gasteiger partial charge in [0.25, 0.3) is 0 Å². The normalized spacial score (nSPS) is 13.2. The molecule has 0 radical (unpaired) electrons. The maximum absolute atomic E-state index is 13.6. The van der Waals surface area contributed by atoms with Crippen LogP contribution in [0.4, 0.5) is 8.78 Å². The second kappa shape index (κ2) is 6.59. The van der Waals surface area contributed by atoms with Gasteiger partial charge in [-0.25, -0.2) is 17.2 Å². The molecule has 2 N–H and O–H groups in total. The molecule has 112 valence electrons. The Labute approximate surface area is 123 Å².